The Kier molecular flexibility index (Phi) is 7.52. The van der Waals surface area contributed by atoms with Crippen LogP contribution in [-0.4, -0.2) is 74.9 Å². The number of amides is 2. The third-order valence-corrected chi connectivity index (χ3v) is 6.16. The largest absolute Gasteiger partial charge is 0.444 e. The predicted molar refractivity (Wildman–Crippen MR) is 113 cm³/mol. The van der Waals surface area contributed by atoms with Crippen molar-refractivity contribution in [1.82, 2.24) is 9.80 Å². The van der Waals surface area contributed by atoms with Crippen molar-refractivity contribution < 1.29 is 27.5 Å². The van der Waals surface area contributed by atoms with Crippen LogP contribution in [0.5, 0.6) is 0 Å². The molecule has 0 N–H and O–H groups in total. The van der Waals surface area contributed by atoms with Crippen LogP contribution in [-0.2, 0) is 24.1 Å². The van der Waals surface area contributed by atoms with E-state index in [0.717, 1.165) is 11.8 Å². The van der Waals surface area contributed by atoms with Crippen molar-refractivity contribution in [2.45, 2.75) is 56.7 Å². The van der Waals surface area contributed by atoms with Crippen molar-refractivity contribution in [3.8, 4) is 0 Å². The molecule has 168 valence electrons. The second kappa shape index (κ2) is 9.34. The lowest BCUT2D eigenvalue weighted by molar-refractivity contribution is -0.134. The molecule has 0 saturated carbocycles. The molecule has 1 aromatic carbocycles. The van der Waals surface area contributed by atoms with E-state index in [9.17, 15) is 18.0 Å². The minimum absolute atomic E-state index is 0.113. The molecule has 1 aromatic rings. The van der Waals surface area contributed by atoms with Crippen molar-refractivity contribution in [1.29, 1.82) is 0 Å². The quantitative estimate of drug-likeness (QED) is 0.699. The zero-order chi connectivity index (χ0) is 22.7. The predicted octanol–water partition coefficient (Wildman–Crippen LogP) is 2.64. The Balaban J connectivity index is 2.06. The minimum Gasteiger partial charge on any atom is -0.444 e. The number of ether oxygens (including phenoxy) is 2. The molecule has 8 nitrogen and oxygen atoms in total. The molecule has 9 heteroatoms. The molecule has 0 spiro atoms. The zero-order valence-corrected chi connectivity index (χ0v) is 19.4. The highest BCUT2D eigenvalue weighted by Gasteiger charge is 2.33. The van der Waals surface area contributed by atoms with E-state index in [0.29, 0.717) is 13.2 Å². The maximum atomic E-state index is 12.9. The van der Waals surface area contributed by atoms with E-state index in [1.165, 1.54) is 0 Å². The van der Waals surface area contributed by atoms with E-state index in [4.69, 9.17) is 9.47 Å². The molecule has 2 amide bonds. The van der Waals surface area contributed by atoms with Gasteiger partial charge in [-0.1, -0.05) is 12.1 Å². The number of hydrogen-bond acceptors (Lipinski definition) is 6. The molecule has 30 heavy (non-hydrogen) atoms. The molecule has 2 rings (SSSR count). The van der Waals surface area contributed by atoms with Crippen LogP contribution in [0.2, 0.25) is 0 Å². The van der Waals surface area contributed by atoms with Gasteiger partial charge in [0.25, 0.3) is 0 Å². The van der Waals surface area contributed by atoms with E-state index >= 15 is 0 Å². The molecule has 0 aromatic heterocycles. The topological polar surface area (TPSA) is 93.2 Å². The normalized spacial score (nSPS) is 18.6. The second-order valence-corrected chi connectivity index (χ2v) is 10.6. The summed E-state index contributed by atoms with van der Waals surface area (Å²) in [6.45, 7) is 8.33. The van der Waals surface area contributed by atoms with Crippen LogP contribution in [0, 0.1) is 0 Å². The van der Waals surface area contributed by atoms with E-state index in [2.05, 4.69) is 0 Å². The van der Waals surface area contributed by atoms with Crippen LogP contribution in [0.4, 0.5) is 4.79 Å². The van der Waals surface area contributed by atoms with Crippen LogP contribution >= 0.6 is 0 Å². The smallest absolute Gasteiger partial charge is 0.410 e. The third kappa shape index (κ3) is 6.43. The highest BCUT2D eigenvalue weighted by atomic mass is 32.2. The molecule has 0 aliphatic carbocycles. The fourth-order valence-corrected chi connectivity index (χ4v) is 3.79. The highest BCUT2D eigenvalue weighted by Crippen LogP contribution is 2.23. The van der Waals surface area contributed by atoms with Gasteiger partial charge in [-0.05, 0) is 45.4 Å². The Morgan fingerprint density at radius 2 is 1.87 bits per heavy atom. The van der Waals surface area contributed by atoms with E-state index in [1.54, 1.807) is 61.9 Å². The van der Waals surface area contributed by atoms with Crippen molar-refractivity contribution in [2.24, 2.45) is 0 Å². The summed E-state index contributed by atoms with van der Waals surface area (Å²) < 4.78 is 34.2. The number of carbonyl (C=O) groups is 2. The van der Waals surface area contributed by atoms with Gasteiger partial charge in [0.1, 0.15) is 5.60 Å². The van der Waals surface area contributed by atoms with Gasteiger partial charge in [-0.25, -0.2) is 13.2 Å². The molecule has 0 unspecified atom stereocenters. The van der Waals surface area contributed by atoms with Crippen molar-refractivity contribution in [3.63, 3.8) is 0 Å². The molecule has 1 heterocycles. The Bertz CT molecular complexity index is 860. The van der Waals surface area contributed by atoms with Gasteiger partial charge in [0.15, 0.2) is 9.84 Å². The maximum Gasteiger partial charge on any atom is 0.410 e. The average Bonchev–Trinajstić information content (AvgIpc) is 2.65. The lowest BCUT2D eigenvalue weighted by Crippen LogP contribution is -2.52. The highest BCUT2D eigenvalue weighted by molar-refractivity contribution is 7.90. The average molecular weight is 441 g/mol. The van der Waals surface area contributed by atoms with Gasteiger partial charge in [0, 0.05) is 26.3 Å². The van der Waals surface area contributed by atoms with Gasteiger partial charge in [0.05, 0.1) is 30.2 Å². The van der Waals surface area contributed by atoms with Gasteiger partial charge in [-0.2, -0.15) is 0 Å². The Labute approximate surface area is 179 Å². The number of hydrogen-bond donors (Lipinski definition) is 0. The number of morpholine rings is 1. The molecule has 0 radical (unpaired) electrons. The van der Waals surface area contributed by atoms with Crippen LogP contribution in [0.15, 0.2) is 29.2 Å². The summed E-state index contributed by atoms with van der Waals surface area (Å²) in [6.07, 6.45) is 0.821. The first-order valence-corrected chi connectivity index (χ1v) is 11.8. The number of benzene rings is 1. The van der Waals surface area contributed by atoms with E-state index in [1.807, 2.05) is 6.92 Å². The number of nitrogens with zero attached hydrogens (tertiary/aromatic N) is 2. The van der Waals surface area contributed by atoms with Crippen LogP contribution in [0.3, 0.4) is 0 Å². The van der Waals surface area contributed by atoms with Crippen LogP contribution in [0.1, 0.15) is 45.7 Å². The van der Waals surface area contributed by atoms with Gasteiger partial charge in [-0.15, -0.1) is 0 Å². The fourth-order valence-electron chi connectivity index (χ4n) is 3.16. The Hall–Kier alpha value is -2.13. The first kappa shape index (κ1) is 24.1. The molecular weight excluding hydrogens is 408 g/mol. The van der Waals surface area contributed by atoms with Crippen LogP contribution in [0.25, 0.3) is 0 Å². The molecule has 1 aliphatic rings. The molecule has 1 aliphatic heterocycles. The van der Waals surface area contributed by atoms with E-state index < -0.39 is 27.6 Å². The summed E-state index contributed by atoms with van der Waals surface area (Å²) in [5.41, 5.74) is 0.204. The summed E-state index contributed by atoms with van der Waals surface area (Å²) in [4.78, 5) is 28.8. The molecule has 1 fully saturated rings. The van der Waals surface area contributed by atoms with Gasteiger partial charge >= 0.3 is 6.09 Å². The standard InChI is InChI=1S/C21H32N2O6S/c1-15(16-7-9-18(10-8-16)30(6,26)27)22(5)19(24)13-17-14-28-12-11-23(17)20(25)29-21(2,3)4/h7-10,15,17H,11-14H2,1-6H3/t15-,17+/m0/s1. The third-order valence-electron chi connectivity index (χ3n) is 5.03. The second-order valence-electron chi connectivity index (χ2n) is 8.63. The summed E-state index contributed by atoms with van der Waals surface area (Å²) in [5.74, 6) is -0.140. The summed E-state index contributed by atoms with van der Waals surface area (Å²) >= 11 is 0. The summed E-state index contributed by atoms with van der Waals surface area (Å²) in [6, 6.07) is 5.84. The number of rotatable bonds is 5. The maximum absolute atomic E-state index is 12.9. The number of sulfone groups is 1. The monoisotopic (exact) mass is 440 g/mol. The van der Waals surface area contributed by atoms with Gasteiger partial charge in [-0.3, -0.25) is 4.79 Å². The molecular formula is C21H32N2O6S. The first-order valence-electron chi connectivity index (χ1n) is 9.92. The lowest BCUT2D eigenvalue weighted by atomic mass is 10.1. The van der Waals surface area contributed by atoms with Gasteiger partial charge < -0.3 is 19.3 Å². The van der Waals surface area contributed by atoms with Gasteiger partial charge in [0.2, 0.25) is 5.91 Å². The first-order chi connectivity index (χ1) is 13.8. The van der Waals surface area contributed by atoms with Crippen molar-refractivity contribution in [2.75, 3.05) is 33.1 Å². The fraction of sp³-hybridized carbons (Fsp3) is 0.619. The van der Waals surface area contributed by atoms with Crippen molar-refractivity contribution >= 4 is 21.8 Å². The molecule has 2 atom stereocenters. The lowest BCUT2D eigenvalue weighted by Gasteiger charge is -2.37. The summed E-state index contributed by atoms with van der Waals surface area (Å²) in [5, 5.41) is 0. The van der Waals surface area contributed by atoms with E-state index in [-0.39, 0.29) is 29.9 Å². The molecule has 0 bridgehead atoms. The SMILES string of the molecule is C[C@@H](c1ccc(S(C)(=O)=O)cc1)N(C)C(=O)C[C@@H]1COCCN1C(=O)OC(C)(C)C. The minimum atomic E-state index is -3.27. The number of carbonyl (C=O) groups excluding carboxylic acids is 2. The Morgan fingerprint density at radius 3 is 2.40 bits per heavy atom. The molecule has 1 saturated heterocycles. The summed E-state index contributed by atoms with van der Waals surface area (Å²) in [7, 11) is -1.58. The zero-order valence-electron chi connectivity index (χ0n) is 18.5. The van der Waals surface area contributed by atoms with Crippen LogP contribution < -0.4 is 0 Å². The van der Waals surface area contributed by atoms with Crippen molar-refractivity contribution in [3.05, 3.63) is 29.8 Å². The Morgan fingerprint density at radius 1 is 1.27 bits per heavy atom.